The maximum absolute atomic E-state index is 12.7. The largest absolute Gasteiger partial charge is 0.454 e. The van der Waals surface area contributed by atoms with E-state index < -0.39 is 0 Å². The number of likely N-dealkylation sites (N-methyl/N-ethyl adjacent to an activating group) is 2. The van der Waals surface area contributed by atoms with Gasteiger partial charge in [0.2, 0.25) is 12.7 Å². The quantitative estimate of drug-likeness (QED) is 0.811. The van der Waals surface area contributed by atoms with E-state index >= 15 is 0 Å². The molecule has 0 bridgehead atoms. The number of fused-ring (bicyclic) bond motifs is 1. The van der Waals surface area contributed by atoms with Crippen molar-refractivity contribution < 1.29 is 14.3 Å². The fourth-order valence-corrected chi connectivity index (χ4v) is 2.91. The Bertz CT molecular complexity index is 733. The van der Waals surface area contributed by atoms with Crippen LogP contribution in [-0.2, 0) is 17.9 Å². The van der Waals surface area contributed by atoms with E-state index in [1.807, 2.05) is 74.4 Å². The summed E-state index contributed by atoms with van der Waals surface area (Å²) in [4.78, 5) is 16.5. The minimum Gasteiger partial charge on any atom is -0.454 e. The summed E-state index contributed by atoms with van der Waals surface area (Å²) < 4.78 is 10.8. The van der Waals surface area contributed by atoms with Crippen LogP contribution in [0.1, 0.15) is 18.1 Å². The summed E-state index contributed by atoms with van der Waals surface area (Å²) in [5.74, 6) is 1.65. The van der Waals surface area contributed by atoms with Crippen LogP contribution in [0.2, 0.25) is 0 Å². The van der Waals surface area contributed by atoms with Crippen LogP contribution in [0.25, 0.3) is 0 Å². The van der Waals surface area contributed by atoms with E-state index in [9.17, 15) is 4.79 Å². The first kappa shape index (κ1) is 17.3. The van der Waals surface area contributed by atoms with Gasteiger partial charge in [-0.05, 0) is 37.2 Å². The third kappa shape index (κ3) is 4.12. The van der Waals surface area contributed by atoms with E-state index in [0.29, 0.717) is 13.1 Å². The molecule has 132 valence electrons. The molecular formula is C20H24N2O3. The third-order valence-corrected chi connectivity index (χ3v) is 4.53. The first-order valence-electron chi connectivity index (χ1n) is 8.42. The average Bonchev–Trinajstić information content (AvgIpc) is 3.09. The van der Waals surface area contributed by atoms with Gasteiger partial charge in [-0.2, -0.15) is 0 Å². The Balaban J connectivity index is 1.59. The van der Waals surface area contributed by atoms with Crippen molar-refractivity contribution >= 4 is 5.91 Å². The molecule has 0 saturated heterocycles. The number of ether oxygens (including phenoxy) is 2. The van der Waals surface area contributed by atoms with Crippen LogP contribution in [0.5, 0.6) is 11.5 Å². The second-order valence-electron chi connectivity index (χ2n) is 6.46. The van der Waals surface area contributed by atoms with Gasteiger partial charge >= 0.3 is 0 Å². The minimum absolute atomic E-state index is 0.104. The van der Waals surface area contributed by atoms with Gasteiger partial charge in [-0.25, -0.2) is 0 Å². The number of benzene rings is 2. The van der Waals surface area contributed by atoms with Crippen LogP contribution in [0.15, 0.2) is 48.5 Å². The third-order valence-electron chi connectivity index (χ3n) is 4.53. The van der Waals surface area contributed by atoms with Gasteiger partial charge in [-0.1, -0.05) is 36.4 Å². The summed E-state index contributed by atoms with van der Waals surface area (Å²) in [7, 11) is 3.81. The number of nitrogens with zero attached hydrogens (tertiary/aromatic N) is 2. The van der Waals surface area contributed by atoms with Gasteiger partial charge in [0.05, 0.1) is 6.04 Å². The Morgan fingerprint density at radius 1 is 1.00 bits per heavy atom. The molecule has 1 amide bonds. The van der Waals surface area contributed by atoms with Gasteiger partial charge < -0.3 is 14.4 Å². The highest BCUT2D eigenvalue weighted by Crippen LogP contribution is 2.32. The zero-order valence-corrected chi connectivity index (χ0v) is 14.9. The summed E-state index contributed by atoms with van der Waals surface area (Å²) in [6.45, 7) is 3.50. The van der Waals surface area contributed by atoms with E-state index in [2.05, 4.69) is 0 Å². The van der Waals surface area contributed by atoms with E-state index in [4.69, 9.17) is 9.47 Å². The van der Waals surface area contributed by atoms with Crippen molar-refractivity contribution in [2.75, 3.05) is 20.9 Å². The molecule has 0 radical (unpaired) electrons. The second-order valence-corrected chi connectivity index (χ2v) is 6.46. The molecule has 25 heavy (non-hydrogen) atoms. The molecule has 2 aromatic carbocycles. The van der Waals surface area contributed by atoms with Crippen molar-refractivity contribution in [3.8, 4) is 11.5 Å². The summed E-state index contributed by atoms with van der Waals surface area (Å²) in [5.41, 5.74) is 2.22. The van der Waals surface area contributed by atoms with Gasteiger partial charge in [0.15, 0.2) is 11.5 Å². The number of amides is 1. The van der Waals surface area contributed by atoms with Crippen LogP contribution in [0, 0.1) is 0 Å². The molecule has 1 atom stereocenters. The van der Waals surface area contributed by atoms with E-state index in [-0.39, 0.29) is 18.7 Å². The Hall–Kier alpha value is -2.53. The SMILES string of the molecule is C[C@@H](C(=O)N(C)Cc1ccccc1)N(C)Cc1ccc2c(c1)OCO2. The van der Waals surface area contributed by atoms with E-state index in [0.717, 1.165) is 22.6 Å². The lowest BCUT2D eigenvalue weighted by molar-refractivity contribution is -0.135. The standard InChI is InChI=1S/C20H24N2O3/c1-15(20(23)22(3)12-16-7-5-4-6-8-16)21(2)13-17-9-10-18-19(11-17)25-14-24-18/h4-11,15H,12-14H2,1-3H3/t15-/m0/s1. The molecule has 3 rings (SSSR count). The average molecular weight is 340 g/mol. The Kier molecular flexibility index (Phi) is 5.24. The Morgan fingerprint density at radius 2 is 1.72 bits per heavy atom. The molecule has 2 aromatic rings. The molecule has 5 nitrogen and oxygen atoms in total. The number of hydrogen-bond acceptors (Lipinski definition) is 4. The molecular weight excluding hydrogens is 316 g/mol. The lowest BCUT2D eigenvalue weighted by Crippen LogP contribution is -2.43. The highest BCUT2D eigenvalue weighted by Gasteiger charge is 2.22. The van der Waals surface area contributed by atoms with Gasteiger partial charge in [0.1, 0.15) is 0 Å². The smallest absolute Gasteiger partial charge is 0.239 e. The molecule has 0 fully saturated rings. The van der Waals surface area contributed by atoms with Gasteiger partial charge in [0, 0.05) is 20.1 Å². The lowest BCUT2D eigenvalue weighted by Gasteiger charge is -2.28. The van der Waals surface area contributed by atoms with Crippen molar-refractivity contribution in [3.05, 3.63) is 59.7 Å². The monoisotopic (exact) mass is 340 g/mol. The van der Waals surface area contributed by atoms with Crippen molar-refractivity contribution in [2.24, 2.45) is 0 Å². The fraction of sp³-hybridized carbons (Fsp3) is 0.350. The first-order valence-corrected chi connectivity index (χ1v) is 8.42. The van der Waals surface area contributed by atoms with Crippen molar-refractivity contribution in [1.29, 1.82) is 0 Å². The number of carbonyl (C=O) groups excluding carboxylic acids is 1. The fourth-order valence-electron chi connectivity index (χ4n) is 2.91. The van der Waals surface area contributed by atoms with Crippen LogP contribution < -0.4 is 9.47 Å². The number of hydrogen-bond donors (Lipinski definition) is 0. The maximum atomic E-state index is 12.7. The summed E-state index contributed by atoms with van der Waals surface area (Å²) in [6.07, 6.45) is 0. The van der Waals surface area contributed by atoms with Crippen molar-refractivity contribution in [1.82, 2.24) is 9.80 Å². The van der Waals surface area contributed by atoms with Crippen LogP contribution in [-0.4, -0.2) is 42.6 Å². The predicted octanol–water partition coefficient (Wildman–Crippen LogP) is 2.89. The molecule has 1 aliphatic heterocycles. The zero-order valence-electron chi connectivity index (χ0n) is 14.9. The van der Waals surface area contributed by atoms with Crippen LogP contribution in [0.4, 0.5) is 0 Å². The summed E-state index contributed by atoms with van der Waals surface area (Å²) in [6, 6.07) is 15.7. The Labute approximate surface area is 148 Å². The molecule has 0 aromatic heterocycles. The summed E-state index contributed by atoms with van der Waals surface area (Å²) >= 11 is 0. The Morgan fingerprint density at radius 3 is 2.48 bits per heavy atom. The molecule has 0 spiro atoms. The van der Waals surface area contributed by atoms with Crippen molar-refractivity contribution in [3.63, 3.8) is 0 Å². The normalized spacial score (nSPS) is 13.8. The van der Waals surface area contributed by atoms with Crippen molar-refractivity contribution in [2.45, 2.75) is 26.1 Å². The summed E-state index contributed by atoms with van der Waals surface area (Å²) in [5, 5.41) is 0. The first-order chi connectivity index (χ1) is 12.0. The highest BCUT2D eigenvalue weighted by molar-refractivity contribution is 5.81. The molecule has 1 aliphatic rings. The minimum atomic E-state index is -0.209. The van der Waals surface area contributed by atoms with E-state index in [1.54, 1.807) is 4.90 Å². The lowest BCUT2D eigenvalue weighted by atomic mass is 10.1. The van der Waals surface area contributed by atoms with Gasteiger partial charge in [0.25, 0.3) is 0 Å². The second kappa shape index (κ2) is 7.57. The number of carbonyl (C=O) groups is 1. The molecule has 5 heteroatoms. The molecule has 1 heterocycles. The zero-order chi connectivity index (χ0) is 17.8. The number of rotatable bonds is 6. The topological polar surface area (TPSA) is 42.0 Å². The predicted molar refractivity (Wildman–Crippen MR) is 96.4 cm³/mol. The van der Waals surface area contributed by atoms with Crippen LogP contribution in [0.3, 0.4) is 0 Å². The molecule has 0 aliphatic carbocycles. The van der Waals surface area contributed by atoms with Crippen LogP contribution >= 0.6 is 0 Å². The highest BCUT2D eigenvalue weighted by atomic mass is 16.7. The molecule has 0 saturated carbocycles. The molecule has 0 unspecified atom stereocenters. The maximum Gasteiger partial charge on any atom is 0.239 e. The van der Waals surface area contributed by atoms with E-state index in [1.165, 1.54) is 0 Å². The molecule has 0 N–H and O–H groups in total. The van der Waals surface area contributed by atoms with Gasteiger partial charge in [-0.15, -0.1) is 0 Å². The van der Waals surface area contributed by atoms with Gasteiger partial charge in [-0.3, -0.25) is 9.69 Å².